The Morgan fingerprint density at radius 1 is 0.913 bits per heavy atom. The van der Waals surface area contributed by atoms with E-state index in [0.29, 0.717) is 19.8 Å². The predicted octanol–water partition coefficient (Wildman–Crippen LogP) is 3.80. The van der Waals surface area contributed by atoms with Crippen LogP contribution in [0.2, 0.25) is 0 Å². The van der Waals surface area contributed by atoms with Crippen LogP contribution in [0, 0.1) is 0 Å². The molecule has 3 rings (SSSR count). The van der Waals surface area contributed by atoms with Gasteiger partial charge in [0.1, 0.15) is 5.75 Å². The zero-order valence-corrected chi connectivity index (χ0v) is 13.0. The van der Waals surface area contributed by atoms with Gasteiger partial charge >= 0.3 is 0 Å². The first-order chi connectivity index (χ1) is 11.3. The molecule has 3 nitrogen and oxygen atoms in total. The Kier molecular flexibility index (Phi) is 4.91. The molecule has 0 amide bonds. The largest absolute Gasteiger partial charge is 0.508 e. The predicted molar refractivity (Wildman–Crippen MR) is 93.5 cm³/mol. The summed E-state index contributed by atoms with van der Waals surface area (Å²) < 4.78 is 5.84. The smallest absolute Gasteiger partial charge is 0.119 e. The molecule has 0 radical (unpaired) electrons. The highest BCUT2D eigenvalue weighted by atomic mass is 16.5. The van der Waals surface area contributed by atoms with Gasteiger partial charge in [-0.05, 0) is 22.4 Å². The summed E-state index contributed by atoms with van der Waals surface area (Å²) in [6.07, 6.45) is 0. The number of phenols is 1. The normalized spacial score (nSPS) is 12.4. The van der Waals surface area contributed by atoms with Gasteiger partial charge in [0, 0.05) is 18.0 Å². The highest BCUT2D eigenvalue weighted by molar-refractivity contribution is 5.88. The fraction of sp³-hybridized carbons (Fsp3) is 0.200. The molecule has 3 N–H and O–H groups in total. The van der Waals surface area contributed by atoms with Gasteiger partial charge in [-0.25, -0.2) is 0 Å². The molecule has 1 atom stereocenters. The number of nitrogens with two attached hydrogens (primary N) is 1. The van der Waals surface area contributed by atoms with Crippen molar-refractivity contribution in [1.82, 2.24) is 0 Å². The van der Waals surface area contributed by atoms with Gasteiger partial charge < -0.3 is 15.6 Å². The lowest BCUT2D eigenvalue weighted by molar-refractivity contribution is 0.108. The summed E-state index contributed by atoms with van der Waals surface area (Å²) in [6, 6.07) is 21.7. The second kappa shape index (κ2) is 7.27. The second-order valence-corrected chi connectivity index (χ2v) is 5.65. The molecule has 0 saturated heterocycles. The summed E-state index contributed by atoms with van der Waals surface area (Å²) in [5, 5.41) is 12.4. The summed E-state index contributed by atoms with van der Waals surface area (Å²) in [5.74, 6) is 0.243. The number of phenolic OH excluding ortho intramolecular Hbond substituents is 1. The Morgan fingerprint density at radius 3 is 2.43 bits per heavy atom. The van der Waals surface area contributed by atoms with Crippen LogP contribution in [0.1, 0.15) is 17.0 Å². The van der Waals surface area contributed by atoms with Crippen molar-refractivity contribution in [2.24, 2.45) is 5.73 Å². The lowest BCUT2D eigenvalue weighted by Gasteiger charge is -2.19. The Labute approximate surface area is 136 Å². The van der Waals surface area contributed by atoms with Crippen LogP contribution in [0.5, 0.6) is 5.75 Å². The van der Waals surface area contributed by atoms with Gasteiger partial charge in [0.25, 0.3) is 0 Å². The molecular weight excluding hydrogens is 286 g/mol. The van der Waals surface area contributed by atoms with Crippen LogP contribution in [-0.4, -0.2) is 18.3 Å². The Balaban J connectivity index is 1.79. The molecule has 0 fully saturated rings. The first-order valence-electron chi connectivity index (χ1n) is 7.82. The maximum Gasteiger partial charge on any atom is 0.119 e. The van der Waals surface area contributed by atoms with Gasteiger partial charge in [0.15, 0.2) is 0 Å². The molecule has 23 heavy (non-hydrogen) atoms. The minimum Gasteiger partial charge on any atom is -0.508 e. The molecule has 118 valence electrons. The van der Waals surface area contributed by atoms with E-state index in [-0.39, 0.29) is 11.7 Å². The number of hydrogen-bond donors (Lipinski definition) is 2. The van der Waals surface area contributed by atoms with Crippen molar-refractivity contribution in [1.29, 1.82) is 0 Å². The number of rotatable bonds is 6. The van der Waals surface area contributed by atoms with Crippen LogP contribution in [0.25, 0.3) is 10.8 Å². The highest BCUT2D eigenvalue weighted by Crippen LogP contribution is 2.33. The van der Waals surface area contributed by atoms with E-state index in [1.54, 1.807) is 6.07 Å². The fourth-order valence-corrected chi connectivity index (χ4v) is 2.88. The molecule has 0 bridgehead atoms. The van der Waals surface area contributed by atoms with Crippen LogP contribution < -0.4 is 5.73 Å². The first-order valence-corrected chi connectivity index (χ1v) is 7.82. The summed E-state index contributed by atoms with van der Waals surface area (Å²) in [6.45, 7) is 1.45. The number of benzene rings is 3. The van der Waals surface area contributed by atoms with Crippen molar-refractivity contribution in [2.45, 2.75) is 12.5 Å². The topological polar surface area (TPSA) is 55.5 Å². The summed E-state index contributed by atoms with van der Waals surface area (Å²) in [5.41, 5.74) is 7.96. The van der Waals surface area contributed by atoms with Crippen LogP contribution in [0.3, 0.4) is 0 Å². The minimum absolute atomic E-state index is 0.0372. The van der Waals surface area contributed by atoms with E-state index in [9.17, 15) is 5.11 Å². The maximum atomic E-state index is 10.3. The molecule has 0 aliphatic carbocycles. The van der Waals surface area contributed by atoms with Crippen LogP contribution >= 0.6 is 0 Å². The SMILES string of the molecule is NC[C@@H](COCc1ccccc1)c1c(O)ccc2ccccc12. The van der Waals surface area contributed by atoms with Crippen molar-refractivity contribution in [3.63, 3.8) is 0 Å². The van der Waals surface area contributed by atoms with Crippen molar-refractivity contribution in [3.8, 4) is 5.75 Å². The Hall–Kier alpha value is -2.36. The molecule has 3 heteroatoms. The van der Waals surface area contributed by atoms with Gasteiger partial charge in [-0.1, -0.05) is 60.7 Å². The zero-order chi connectivity index (χ0) is 16.1. The third-order valence-electron chi connectivity index (χ3n) is 4.07. The van der Waals surface area contributed by atoms with E-state index >= 15 is 0 Å². The molecule has 0 aliphatic rings. The Bertz CT molecular complexity index is 771. The average molecular weight is 307 g/mol. The first kappa shape index (κ1) is 15.5. The molecule has 0 spiro atoms. The third kappa shape index (κ3) is 3.52. The van der Waals surface area contributed by atoms with Crippen molar-refractivity contribution in [2.75, 3.05) is 13.2 Å². The van der Waals surface area contributed by atoms with E-state index in [1.165, 1.54) is 0 Å². The summed E-state index contributed by atoms with van der Waals surface area (Å²) in [7, 11) is 0. The van der Waals surface area contributed by atoms with Gasteiger partial charge in [-0.15, -0.1) is 0 Å². The molecular formula is C20H21NO2. The van der Waals surface area contributed by atoms with Crippen molar-refractivity contribution < 1.29 is 9.84 Å². The summed E-state index contributed by atoms with van der Waals surface area (Å²) in [4.78, 5) is 0. The van der Waals surface area contributed by atoms with E-state index in [4.69, 9.17) is 10.5 Å². The number of fused-ring (bicyclic) bond motifs is 1. The lowest BCUT2D eigenvalue weighted by atomic mass is 9.93. The molecule has 0 aromatic heterocycles. The maximum absolute atomic E-state index is 10.3. The van der Waals surface area contributed by atoms with Crippen LogP contribution in [0.15, 0.2) is 66.7 Å². The van der Waals surface area contributed by atoms with Crippen LogP contribution in [-0.2, 0) is 11.3 Å². The monoisotopic (exact) mass is 307 g/mol. The summed E-state index contributed by atoms with van der Waals surface area (Å²) >= 11 is 0. The zero-order valence-electron chi connectivity index (χ0n) is 13.0. The Morgan fingerprint density at radius 2 is 1.65 bits per heavy atom. The van der Waals surface area contributed by atoms with Gasteiger partial charge in [-0.3, -0.25) is 0 Å². The van der Waals surface area contributed by atoms with E-state index in [1.807, 2.05) is 60.7 Å². The highest BCUT2D eigenvalue weighted by Gasteiger charge is 2.17. The molecule has 0 aliphatic heterocycles. The number of aromatic hydroxyl groups is 1. The van der Waals surface area contributed by atoms with Gasteiger partial charge in [-0.2, -0.15) is 0 Å². The van der Waals surface area contributed by atoms with Gasteiger partial charge in [0.2, 0.25) is 0 Å². The fourth-order valence-electron chi connectivity index (χ4n) is 2.88. The van der Waals surface area contributed by atoms with Crippen molar-refractivity contribution >= 4 is 10.8 Å². The third-order valence-corrected chi connectivity index (χ3v) is 4.07. The number of hydrogen-bond acceptors (Lipinski definition) is 3. The molecule has 0 heterocycles. The standard InChI is InChI=1S/C20H21NO2/c21-12-17(14-23-13-15-6-2-1-3-7-15)20-18-9-5-4-8-16(18)10-11-19(20)22/h1-11,17,22H,12-14,21H2/t17-/m0/s1. The second-order valence-electron chi connectivity index (χ2n) is 5.65. The lowest BCUT2D eigenvalue weighted by Crippen LogP contribution is -2.18. The molecule has 0 saturated carbocycles. The minimum atomic E-state index is -0.0372. The number of ether oxygens (including phenoxy) is 1. The van der Waals surface area contributed by atoms with Gasteiger partial charge in [0.05, 0.1) is 13.2 Å². The molecule has 3 aromatic rings. The molecule has 0 unspecified atom stereocenters. The van der Waals surface area contributed by atoms with Crippen LogP contribution in [0.4, 0.5) is 0 Å². The molecule has 3 aromatic carbocycles. The van der Waals surface area contributed by atoms with E-state index in [2.05, 4.69) is 0 Å². The van der Waals surface area contributed by atoms with Crippen molar-refractivity contribution in [3.05, 3.63) is 77.9 Å². The quantitative estimate of drug-likeness (QED) is 0.728. The van der Waals surface area contributed by atoms with E-state index < -0.39 is 0 Å². The van der Waals surface area contributed by atoms with E-state index in [0.717, 1.165) is 21.9 Å². The average Bonchev–Trinajstić information content (AvgIpc) is 2.60.